The highest BCUT2D eigenvalue weighted by Crippen LogP contribution is 2.29. The average molecular weight is 473 g/mol. The molecular formula is C21H24N6O5S. The van der Waals surface area contributed by atoms with Crippen LogP contribution in [0.1, 0.15) is 20.7 Å². The molecule has 11 nitrogen and oxygen atoms in total. The normalized spacial score (nSPS) is 13.9. The van der Waals surface area contributed by atoms with E-state index in [1.165, 1.54) is 12.5 Å². The minimum Gasteiger partial charge on any atom is -0.387 e. The van der Waals surface area contributed by atoms with Gasteiger partial charge in [-0.3, -0.25) is 19.3 Å². The van der Waals surface area contributed by atoms with E-state index in [1.807, 2.05) is 0 Å². The molecule has 1 aliphatic rings. The molecule has 2 amide bonds. The summed E-state index contributed by atoms with van der Waals surface area (Å²) in [5.74, 6) is -0.516. The molecule has 1 aromatic carbocycles. The Labute approximate surface area is 189 Å². The number of rotatable bonds is 8. The number of hydrogen-bond donors (Lipinski definition) is 3. The van der Waals surface area contributed by atoms with Crippen LogP contribution in [0.25, 0.3) is 22.4 Å². The Balaban J connectivity index is 1.58. The quantitative estimate of drug-likeness (QED) is 0.402. The van der Waals surface area contributed by atoms with E-state index in [0.29, 0.717) is 41.2 Å². The number of pyridine rings is 1. The molecule has 2 aromatic heterocycles. The summed E-state index contributed by atoms with van der Waals surface area (Å²) in [4.78, 5) is 51.2. The monoisotopic (exact) mass is 472 g/mol. The Morgan fingerprint density at radius 2 is 1.82 bits per heavy atom. The van der Waals surface area contributed by atoms with Crippen molar-refractivity contribution < 1.29 is 18.0 Å². The second-order valence-electron chi connectivity index (χ2n) is 8.04. The van der Waals surface area contributed by atoms with E-state index in [4.69, 9.17) is 0 Å². The van der Waals surface area contributed by atoms with E-state index in [1.54, 1.807) is 37.2 Å². The summed E-state index contributed by atoms with van der Waals surface area (Å²) >= 11 is 0. The first-order chi connectivity index (χ1) is 15.6. The zero-order chi connectivity index (χ0) is 23.9. The van der Waals surface area contributed by atoms with E-state index in [0.717, 1.165) is 4.90 Å². The Morgan fingerprint density at radius 3 is 2.48 bits per heavy atom. The molecule has 0 saturated heterocycles. The Bertz CT molecular complexity index is 1370. The highest BCUT2D eigenvalue weighted by atomic mass is 32.2. The van der Waals surface area contributed by atoms with Crippen LogP contribution in [-0.4, -0.2) is 90.7 Å². The first kappa shape index (κ1) is 22.7. The lowest BCUT2D eigenvalue weighted by Crippen LogP contribution is -2.38. The van der Waals surface area contributed by atoms with Gasteiger partial charge in [0.25, 0.3) is 17.4 Å². The number of aromatic amines is 2. The summed E-state index contributed by atoms with van der Waals surface area (Å²) in [6, 6.07) is 4.83. The van der Waals surface area contributed by atoms with Gasteiger partial charge in [-0.1, -0.05) is 0 Å². The molecule has 0 aliphatic carbocycles. The van der Waals surface area contributed by atoms with Crippen molar-refractivity contribution in [3.05, 3.63) is 45.9 Å². The van der Waals surface area contributed by atoms with E-state index in [9.17, 15) is 22.8 Å². The SMILES string of the molecule is CNc1cc[nH]c(=O)c1-c1nc2cc3c(cc2[nH]1)C(=O)N(CCN(C)CCS(C)(=O)=O)C3=O. The molecule has 3 aromatic rings. The van der Waals surface area contributed by atoms with E-state index in [-0.39, 0.29) is 29.0 Å². The lowest BCUT2D eigenvalue weighted by atomic mass is 10.1. The Hall–Kier alpha value is -3.51. The number of H-pyrrole nitrogens is 2. The van der Waals surface area contributed by atoms with Gasteiger partial charge in [-0.25, -0.2) is 13.4 Å². The maximum atomic E-state index is 12.9. The molecule has 0 bridgehead atoms. The van der Waals surface area contributed by atoms with Crippen molar-refractivity contribution in [3.8, 4) is 11.4 Å². The lowest BCUT2D eigenvalue weighted by Gasteiger charge is -2.20. The molecule has 0 atom stereocenters. The van der Waals surface area contributed by atoms with Crippen molar-refractivity contribution >= 4 is 38.4 Å². The van der Waals surface area contributed by atoms with Crippen molar-refractivity contribution in [2.24, 2.45) is 0 Å². The first-order valence-corrected chi connectivity index (χ1v) is 12.3. The number of nitrogens with one attached hydrogen (secondary N) is 3. The zero-order valence-corrected chi connectivity index (χ0v) is 19.2. The summed E-state index contributed by atoms with van der Waals surface area (Å²) in [7, 11) is 0.340. The number of imide groups is 1. The number of sulfone groups is 1. The molecule has 174 valence electrons. The van der Waals surface area contributed by atoms with Gasteiger partial charge in [0.05, 0.1) is 33.6 Å². The van der Waals surface area contributed by atoms with Gasteiger partial charge < -0.3 is 20.2 Å². The molecule has 12 heteroatoms. The van der Waals surface area contributed by atoms with Crippen LogP contribution in [0.2, 0.25) is 0 Å². The second kappa shape index (κ2) is 8.45. The van der Waals surface area contributed by atoms with Crippen LogP contribution >= 0.6 is 0 Å². The predicted molar refractivity (Wildman–Crippen MR) is 124 cm³/mol. The highest BCUT2D eigenvalue weighted by molar-refractivity contribution is 7.90. The minimum absolute atomic E-state index is 0.00383. The lowest BCUT2D eigenvalue weighted by molar-refractivity contribution is 0.0642. The number of carbonyl (C=O) groups excluding carboxylic acids is 2. The standard InChI is InChI=1S/C21H24N6O5S/c1-22-14-4-5-23-19(28)17(14)18-24-15-10-12-13(11-16(15)25-18)21(30)27(20(12)29)7-6-26(2)8-9-33(3,31)32/h4-5,10-11H,6-9H2,1-3H3,(H,24,25)(H2,22,23,28). The van der Waals surface area contributed by atoms with Crippen LogP contribution < -0.4 is 10.9 Å². The van der Waals surface area contributed by atoms with Crippen LogP contribution in [0.15, 0.2) is 29.2 Å². The Kier molecular flexibility index (Phi) is 5.80. The number of imidazole rings is 1. The van der Waals surface area contributed by atoms with Gasteiger partial charge in [0, 0.05) is 39.1 Å². The fraction of sp³-hybridized carbons (Fsp3) is 0.333. The van der Waals surface area contributed by atoms with Gasteiger partial charge in [-0.05, 0) is 25.2 Å². The van der Waals surface area contributed by atoms with Gasteiger partial charge in [-0.15, -0.1) is 0 Å². The molecule has 3 N–H and O–H groups in total. The van der Waals surface area contributed by atoms with Crippen LogP contribution in [0, 0.1) is 0 Å². The maximum Gasteiger partial charge on any atom is 0.261 e. The van der Waals surface area contributed by atoms with Crippen molar-refractivity contribution in [2.45, 2.75) is 0 Å². The number of likely N-dealkylation sites (N-methyl/N-ethyl adjacent to an activating group) is 1. The largest absolute Gasteiger partial charge is 0.387 e. The molecule has 1 aliphatic heterocycles. The highest BCUT2D eigenvalue weighted by Gasteiger charge is 2.36. The zero-order valence-electron chi connectivity index (χ0n) is 18.4. The number of amides is 2. The fourth-order valence-corrected chi connectivity index (χ4v) is 4.38. The van der Waals surface area contributed by atoms with Crippen molar-refractivity contribution in [1.29, 1.82) is 0 Å². The predicted octanol–water partition coefficient (Wildman–Crippen LogP) is 0.532. The van der Waals surface area contributed by atoms with E-state index >= 15 is 0 Å². The number of aromatic nitrogens is 3. The van der Waals surface area contributed by atoms with Gasteiger partial charge in [-0.2, -0.15) is 0 Å². The van der Waals surface area contributed by atoms with Crippen LogP contribution in [0.5, 0.6) is 0 Å². The van der Waals surface area contributed by atoms with Crippen LogP contribution in [-0.2, 0) is 9.84 Å². The summed E-state index contributed by atoms with van der Waals surface area (Å²) in [5.41, 5.74) is 2.09. The number of nitrogens with zero attached hydrogens (tertiary/aromatic N) is 3. The third-order valence-electron chi connectivity index (χ3n) is 5.59. The third kappa shape index (κ3) is 4.39. The molecule has 0 saturated carbocycles. The molecular weight excluding hydrogens is 448 g/mol. The molecule has 0 fully saturated rings. The van der Waals surface area contributed by atoms with Gasteiger partial charge in [0.2, 0.25) is 0 Å². The second-order valence-corrected chi connectivity index (χ2v) is 10.3. The van der Waals surface area contributed by atoms with Crippen molar-refractivity contribution in [1.82, 2.24) is 24.8 Å². The first-order valence-electron chi connectivity index (χ1n) is 10.2. The number of hydrogen-bond acceptors (Lipinski definition) is 8. The third-order valence-corrected chi connectivity index (χ3v) is 6.51. The summed E-state index contributed by atoms with van der Waals surface area (Å²) in [5, 5.41) is 2.95. The van der Waals surface area contributed by atoms with Gasteiger partial charge in [0.1, 0.15) is 21.2 Å². The number of carbonyl (C=O) groups is 2. The molecule has 4 rings (SSSR count). The van der Waals surface area contributed by atoms with E-state index < -0.39 is 21.7 Å². The van der Waals surface area contributed by atoms with Crippen LogP contribution in [0.4, 0.5) is 5.69 Å². The molecule has 0 radical (unpaired) electrons. The summed E-state index contributed by atoms with van der Waals surface area (Å²) < 4.78 is 22.7. The summed E-state index contributed by atoms with van der Waals surface area (Å²) in [6.45, 7) is 0.805. The van der Waals surface area contributed by atoms with Crippen LogP contribution in [0.3, 0.4) is 0 Å². The molecule has 0 unspecified atom stereocenters. The average Bonchev–Trinajstić information content (AvgIpc) is 3.27. The van der Waals surface area contributed by atoms with Gasteiger partial charge in [0.15, 0.2) is 0 Å². The fourth-order valence-electron chi connectivity index (χ4n) is 3.74. The number of fused-ring (bicyclic) bond motifs is 2. The van der Waals surface area contributed by atoms with E-state index in [2.05, 4.69) is 20.3 Å². The topological polar surface area (TPSA) is 148 Å². The van der Waals surface area contributed by atoms with Crippen molar-refractivity contribution in [3.63, 3.8) is 0 Å². The maximum absolute atomic E-state index is 12.9. The smallest absolute Gasteiger partial charge is 0.261 e. The van der Waals surface area contributed by atoms with Gasteiger partial charge >= 0.3 is 0 Å². The summed E-state index contributed by atoms with van der Waals surface area (Å²) in [6.07, 6.45) is 2.69. The molecule has 33 heavy (non-hydrogen) atoms. The number of benzene rings is 1. The molecule has 3 heterocycles. The molecule has 0 spiro atoms. The minimum atomic E-state index is -3.09. The van der Waals surface area contributed by atoms with Crippen molar-refractivity contribution in [2.75, 3.05) is 51.1 Å². The Morgan fingerprint density at radius 1 is 1.12 bits per heavy atom. The number of anilines is 1.